The van der Waals surface area contributed by atoms with E-state index in [1.807, 2.05) is 65.6 Å². The number of carbonyl (C=O) groups is 2. The summed E-state index contributed by atoms with van der Waals surface area (Å²) >= 11 is 0. The van der Waals surface area contributed by atoms with Gasteiger partial charge in [-0.2, -0.15) is 0 Å². The summed E-state index contributed by atoms with van der Waals surface area (Å²) in [6.45, 7) is 1.88. The summed E-state index contributed by atoms with van der Waals surface area (Å²) < 4.78 is 5.85. The number of fused-ring (bicyclic) bond motifs is 7. The first kappa shape index (κ1) is 27.9. The Balaban J connectivity index is 1.46. The maximum Gasteiger partial charge on any atom is 0.243 e. The molecule has 3 N–H and O–H groups in total. The van der Waals surface area contributed by atoms with E-state index in [-0.39, 0.29) is 18.2 Å². The fourth-order valence-electron chi connectivity index (χ4n) is 4.40. The summed E-state index contributed by atoms with van der Waals surface area (Å²) in [5.74, 6) is 0.198. The fraction of sp³-hybridized carbons (Fsp3) is 0.333. The van der Waals surface area contributed by atoms with E-state index in [4.69, 9.17) is 14.9 Å². The van der Waals surface area contributed by atoms with Gasteiger partial charge in [-0.25, -0.2) is 15.4 Å². The predicted octanol–water partition coefficient (Wildman–Crippen LogP) is 5.15. The van der Waals surface area contributed by atoms with Gasteiger partial charge in [0.15, 0.2) is 0 Å². The normalized spacial score (nSPS) is 14.4. The van der Waals surface area contributed by atoms with Gasteiger partial charge in [0.05, 0.1) is 18.9 Å². The molecule has 9 nitrogen and oxygen atoms in total. The highest BCUT2D eigenvalue weighted by atomic mass is 16.5. The van der Waals surface area contributed by atoms with Crippen molar-refractivity contribution < 1.29 is 19.5 Å². The van der Waals surface area contributed by atoms with Crippen molar-refractivity contribution in [1.82, 2.24) is 20.3 Å². The van der Waals surface area contributed by atoms with E-state index < -0.39 is 0 Å². The minimum absolute atomic E-state index is 0.0780. The molecule has 4 rings (SSSR count). The summed E-state index contributed by atoms with van der Waals surface area (Å²) in [5.41, 5.74) is 6.36. The van der Waals surface area contributed by atoms with E-state index in [1.165, 1.54) is 0 Å². The molecular weight excluding hydrogens is 494 g/mol. The second kappa shape index (κ2) is 14.8. The molecule has 0 unspecified atom stereocenters. The lowest BCUT2D eigenvalue weighted by Gasteiger charge is -2.22. The maximum absolute atomic E-state index is 13.1. The number of hydroxylamine groups is 1. The van der Waals surface area contributed by atoms with Crippen molar-refractivity contribution in [2.75, 3.05) is 18.5 Å². The Morgan fingerprint density at radius 1 is 0.974 bits per heavy atom. The second-order valence-electron chi connectivity index (χ2n) is 9.50. The number of ether oxygens (including phenoxy) is 1. The molecule has 0 saturated heterocycles. The number of aromatic nitrogens is 2. The molecule has 39 heavy (non-hydrogen) atoms. The molecule has 3 aromatic rings. The number of carbonyl (C=O) groups excluding carboxylic acids is 2. The third kappa shape index (κ3) is 9.01. The Hall–Kier alpha value is -4.08. The summed E-state index contributed by atoms with van der Waals surface area (Å²) in [4.78, 5) is 35.2. The monoisotopic (exact) mass is 529 g/mol. The van der Waals surface area contributed by atoms with Gasteiger partial charge >= 0.3 is 0 Å². The molecule has 1 aliphatic heterocycles. The standard InChI is InChI=1S/C30H35N5O4/c36-28(34-38)13-3-1-2-4-14-29(37)35-17-5-6-18-39-22-24-10-7-11-25(19-24)27-15-16-31-30(33-27)32-26-12-8-9-23(20-26)21-35/h5-12,15-16,19-20,38H,1-4,13-14,17-18,21-22H2,(H,34,36)(H,31,32,33)/b6-5+. The molecule has 0 aliphatic carbocycles. The van der Waals surface area contributed by atoms with Crippen LogP contribution in [0.1, 0.15) is 49.7 Å². The van der Waals surface area contributed by atoms with Gasteiger partial charge in [-0.05, 0) is 48.2 Å². The van der Waals surface area contributed by atoms with Crippen molar-refractivity contribution in [3.8, 4) is 11.3 Å². The van der Waals surface area contributed by atoms with Crippen LogP contribution in [0, 0.1) is 0 Å². The Bertz CT molecular complexity index is 1280. The van der Waals surface area contributed by atoms with Crippen molar-refractivity contribution in [1.29, 1.82) is 0 Å². The third-order valence-electron chi connectivity index (χ3n) is 6.43. The van der Waals surface area contributed by atoms with Crippen LogP contribution in [0.3, 0.4) is 0 Å². The third-order valence-corrected chi connectivity index (χ3v) is 6.43. The Morgan fingerprint density at radius 2 is 1.79 bits per heavy atom. The minimum Gasteiger partial charge on any atom is -0.373 e. The van der Waals surface area contributed by atoms with Crippen molar-refractivity contribution in [2.45, 2.75) is 51.7 Å². The number of benzene rings is 2. The zero-order valence-electron chi connectivity index (χ0n) is 22.0. The van der Waals surface area contributed by atoms with E-state index >= 15 is 0 Å². The number of nitrogens with zero attached hydrogens (tertiary/aromatic N) is 3. The number of nitrogens with one attached hydrogen (secondary N) is 2. The predicted molar refractivity (Wildman–Crippen MR) is 149 cm³/mol. The molecule has 2 aromatic carbocycles. The van der Waals surface area contributed by atoms with Crippen LogP contribution in [0.4, 0.5) is 11.6 Å². The summed E-state index contributed by atoms with van der Waals surface area (Å²) in [6, 6.07) is 17.9. The molecule has 1 aromatic heterocycles. The smallest absolute Gasteiger partial charge is 0.243 e. The van der Waals surface area contributed by atoms with Crippen molar-refractivity contribution in [2.24, 2.45) is 0 Å². The molecule has 1 aliphatic rings. The maximum atomic E-state index is 13.1. The van der Waals surface area contributed by atoms with Gasteiger partial charge in [-0.1, -0.05) is 55.3 Å². The molecule has 0 atom stereocenters. The largest absolute Gasteiger partial charge is 0.373 e. The average Bonchev–Trinajstić information content (AvgIpc) is 2.95. The van der Waals surface area contributed by atoms with Crippen LogP contribution in [0.25, 0.3) is 11.3 Å². The van der Waals surface area contributed by atoms with Crippen LogP contribution in [0.5, 0.6) is 0 Å². The molecule has 2 heterocycles. The highest BCUT2D eigenvalue weighted by molar-refractivity contribution is 5.76. The number of anilines is 2. The molecule has 2 amide bonds. The molecule has 0 spiro atoms. The van der Waals surface area contributed by atoms with Gasteiger partial charge in [0.2, 0.25) is 17.8 Å². The molecular formula is C30H35N5O4. The number of amides is 2. The van der Waals surface area contributed by atoms with Crippen LogP contribution in [-0.4, -0.2) is 45.0 Å². The van der Waals surface area contributed by atoms with Gasteiger partial charge in [-0.15, -0.1) is 0 Å². The number of unbranched alkanes of at least 4 members (excludes halogenated alkanes) is 3. The molecule has 0 radical (unpaired) electrons. The first-order chi connectivity index (χ1) is 19.1. The number of hydrogen-bond donors (Lipinski definition) is 3. The van der Waals surface area contributed by atoms with Crippen molar-refractivity contribution in [3.63, 3.8) is 0 Å². The lowest BCUT2D eigenvalue weighted by molar-refractivity contribution is -0.131. The zero-order valence-corrected chi connectivity index (χ0v) is 22.0. The van der Waals surface area contributed by atoms with Crippen molar-refractivity contribution in [3.05, 3.63) is 84.1 Å². The summed E-state index contributed by atoms with van der Waals surface area (Å²) in [6.07, 6.45) is 9.50. The lowest BCUT2D eigenvalue weighted by atomic mass is 10.1. The van der Waals surface area contributed by atoms with Crippen LogP contribution < -0.4 is 10.8 Å². The van der Waals surface area contributed by atoms with Gasteiger partial charge in [0.1, 0.15) is 0 Å². The SMILES string of the molecule is O=C(CCCCCCC(=O)N1C/C=C/COCc2cccc(c2)-c2ccnc(n2)Nc2cccc(c2)C1)NO. The highest BCUT2D eigenvalue weighted by Crippen LogP contribution is 2.22. The van der Waals surface area contributed by atoms with E-state index in [0.717, 1.165) is 47.3 Å². The first-order valence-corrected chi connectivity index (χ1v) is 13.3. The number of hydrogen-bond acceptors (Lipinski definition) is 7. The molecule has 6 bridgehead atoms. The molecule has 9 heteroatoms. The quantitative estimate of drug-likeness (QED) is 0.168. The molecule has 204 valence electrons. The first-order valence-electron chi connectivity index (χ1n) is 13.3. The minimum atomic E-state index is -0.380. The zero-order chi connectivity index (χ0) is 27.3. The van der Waals surface area contributed by atoms with Gasteiger partial charge in [0, 0.05) is 43.4 Å². The van der Waals surface area contributed by atoms with Crippen LogP contribution in [0.15, 0.2) is 72.9 Å². The Morgan fingerprint density at radius 3 is 2.67 bits per heavy atom. The van der Waals surface area contributed by atoms with Gasteiger partial charge < -0.3 is 15.0 Å². The summed E-state index contributed by atoms with van der Waals surface area (Å²) in [5, 5.41) is 11.9. The van der Waals surface area contributed by atoms with Gasteiger partial charge in [-0.3, -0.25) is 14.8 Å². The molecule has 0 saturated carbocycles. The topological polar surface area (TPSA) is 117 Å². The van der Waals surface area contributed by atoms with E-state index in [1.54, 1.807) is 11.7 Å². The fourth-order valence-corrected chi connectivity index (χ4v) is 4.40. The lowest BCUT2D eigenvalue weighted by Crippen LogP contribution is -2.30. The second-order valence-corrected chi connectivity index (χ2v) is 9.50. The van der Waals surface area contributed by atoms with Gasteiger partial charge in [0.25, 0.3) is 0 Å². The molecule has 0 fully saturated rings. The Labute approximate surface area is 228 Å². The van der Waals surface area contributed by atoms with Crippen LogP contribution in [-0.2, 0) is 27.5 Å². The number of rotatable bonds is 7. The van der Waals surface area contributed by atoms with Crippen LogP contribution >= 0.6 is 0 Å². The average molecular weight is 530 g/mol. The summed E-state index contributed by atoms with van der Waals surface area (Å²) in [7, 11) is 0. The Kier molecular flexibility index (Phi) is 10.6. The van der Waals surface area contributed by atoms with E-state index in [2.05, 4.69) is 16.4 Å². The van der Waals surface area contributed by atoms with E-state index in [9.17, 15) is 9.59 Å². The van der Waals surface area contributed by atoms with E-state index in [0.29, 0.717) is 45.1 Å². The van der Waals surface area contributed by atoms with Crippen molar-refractivity contribution >= 4 is 23.5 Å². The van der Waals surface area contributed by atoms with Crippen LogP contribution in [0.2, 0.25) is 0 Å². The highest BCUT2D eigenvalue weighted by Gasteiger charge is 2.14.